The molecule has 2 N–H and O–H groups in total. The minimum absolute atomic E-state index is 0.345. The van der Waals surface area contributed by atoms with E-state index in [-0.39, 0.29) is 0 Å². The molecule has 0 spiro atoms. The lowest BCUT2D eigenvalue weighted by Gasteiger charge is -2.04. The van der Waals surface area contributed by atoms with Crippen molar-refractivity contribution in [3.63, 3.8) is 0 Å². The smallest absolute Gasteiger partial charge is 0.267 e. The standard InChI is InChI=1S/C22H16Cl2N4O2/c23-18-10-4-8-16(12-18)21(29)27-25-14-20(15-6-2-1-3-7-15)26-28-22(30)17-9-5-11-19(24)13-17/h1-14H,(H,27,29)(H,28,30)/b25-14-,26-20-. The summed E-state index contributed by atoms with van der Waals surface area (Å²) in [6.07, 6.45) is 1.34. The second kappa shape index (κ2) is 10.3. The van der Waals surface area contributed by atoms with Gasteiger partial charge in [-0.25, -0.2) is 10.9 Å². The van der Waals surface area contributed by atoms with Gasteiger partial charge in [-0.1, -0.05) is 65.7 Å². The first-order valence-electron chi connectivity index (χ1n) is 8.81. The summed E-state index contributed by atoms with van der Waals surface area (Å²) in [5.41, 5.74) is 6.66. The van der Waals surface area contributed by atoms with Crippen molar-refractivity contribution in [1.82, 2.24) is 10.9 Å². The van der Waals surface area contributed by atoms with Gasteiger partial charge in [0.1, 0.15) is 5.71 Å². The van der Waals surface area contributed by atoms with Crippen molar-refractivity contribution < 1.29 is 9.59 Å². The number of hydrazone groups is 2. The van der Waals surface area contributed by atoms with Gasteiger partial charge in [0.25, 0.3) is 11.8 Å². The number of benzene rings is 3. The van der Waals surface area contributed by atoms with Crippen LogP contribution in [0.3, 0.4) is 0 Å². The fraction of sp³-hybridized carbons (Fsp3) is 0. The Morgan fingerprint density at radius 2 is 1.23 bits per heavy atom. The van der Waals surface area contributed by atoms with Crippen LogP contribution in [-0.4, -0.2) is 23.7 Å². The van der Waals surface area contributed by atoms with Crippen molar-refractivity contribution in [3.8, 4) is 0 Å². The normalized spacial score (nSPS) is 11.3. The number of rotatable bonds is 6. The number of halogens is 2. The zero-order valence-corrected chi connectivity index (χ0v) is 17.1. The summed E-state index contributed by atoms with van der Waals surface area (Å²) >= 11 is 11.8. The Morgan fingerprint density at radius 1 is 0.700 bits per heavy atom. The molecule has 0 bridgehead atoms. The van der Waals surface area contributed by atoms with Crippen LogP contribution in [0.1, 0.15) is 26.3 Å². The predicted molar refractivity (Wildman–Crippen MR) is 119 cm³/mol. The van der Waals surface area contributed by atoms with E-state index in [1.165, 1.54) is 18.3 Å². The molecule has 8 heteroatoms. The topological polar surface area (TPSA) is 82.9 Å². The monoisotopic (exact) mass is 438 g/mol. The van der Waals surface area contributed by atoms with E-state index in [2.05, 4.69) is 21.1 Å². The van der Waals surface area contributed by atoms with Crippen LogP contribution in [0.25, 0.3) is 0 Å². The maximum Gasteiger partial charge on any atom is 0.271 e. The van der Waals surface area contributed by atoms with E-state index in [0.29, 0.717) is 32.4 Å². The lowest BCUT2D eigenvalue weighted by Crippen LogP contribution is -2.22. The fourth-order valence-corrected chi connectivity index (χ4v) is 2.81. The van der Waals surface area contributed by atoms with Gasteiger partial charge in [0.05, 0.1) is 6.21 Å². The SMILES string of the molecule is O=C(N/N=C\C(=N\NC(=O)c1cccc(Cl)c1)c1ccccc1)c1cccc(Cl)c1. The number of hydrogen-bond acceptors (Lipinski definition) is 4. The van der Waals surface area contributed by atoms with Crippen LogP contribution in [0.4, 0.5) is 0 Å². The van der Waals surface area contributed by atoms with Gasteiger partial charge in [-0.2, -0.15) is 10.2 Å². The van der Waals surface area contributed by atoms with Crippen LogP contribution < -0.4 is 10.9 Å². The van der Waals surface area contributed by atoms with E-state index in [4.69, 9.17) is 23.2 Å². The largest absolute Gasteiger partial charge is 0.271 e. The Bertz CT molecular complexity index is 1110. The summed E-state index contributed by atoms with van der Waals surface area (Å²) in [4.78, 5) is 24.5. The molecule has 0 fully saturated rings. The summed E-state index contributed by atoms with van der Waals surface area (Å²) < 4.78 is 0. The average Bonchev–Trinajstić information content (AvgIpc) is 2.76. The summed E-state index contributed by atoms with van der Waals surface area (Å²) in [7, 11) is 0. The van der Waals surface area contributed by atoms with E-state index in [9.17, 15) is 9.59 Å². The molecular weight excluding hydrogens is 423 g/mol. The van der Waals surface area contributed by atoms with Gasteiger partial charge >= 0.3 is 0 Å². The molecule has 0 aliphatic rings. The second-order valence-corrected chi connectivity index (χ2v) is 6.90. The van der Waals surface area contributed by atoms with Crippen molar-refractivity contribution in [2.75, 3.05) is 0 Å². The molecule has 3 rings (SSSR count). The quantitative estimate of drug-likeness (QED) is 0.437. The molecule has 3 aromatic rings. The van der Waals surface area contributed by atoms with E-state index < -0.39 is 11.8 Å². The van der Waals surface area contributed by atoms with Gasteiger partial charge in [0.15, 0.2) is 0 Å². The van der Waals surface area contributed by atoms with Gasteiger partial charge in [0.2, 0.25) is 0 Å². The molecule has 30 heavy (non-hydrogen) atoms. The number of amides is 2. The van der Waals surface area contributed by atoms with Gasteiger partial charge < -0.3 is 0 Å². The van der Waals surface area contributed by atoms with E-state index in [1.807, 2.05) is 18.2 Å². The lowest BCUT2D eigenvalue weighted by atomic mass is 10.1. The van der Waals surface area contributed by atoms with Crippen LogP contribution in [0, 0.1) is 0 Å². The zero-order valence-electron chi connectivity index (χ0n) is 15.5. The van der Waals surface area contributed by atoms with Crippen molar-refractivity contribution in [1.29, 1.82) is 0 Å². The molecule has 0 aliphatic heterocycles. The highest BCUT2D eigenvalue weighted by atomic mass is 35.5. The maximum atomic E-state index is 12.3. The van der Waals surface area contributed by atoms with Crippen LogP contribution in [0.5, 0.6) is 0 Å². The maximum absolute atomic E-state index is 12.3. The molecule has 0 radical (unpaired) electrons. The van der Waals surface area contributed by atoms with Crippen LogP contribution in [0.15, 0.2) is 89.1 Å². The number of hydrogen-bond donors (Lipinski definition) is 2. The molecule has 0 unspecified atom stereocenters. The third-order valence-corrected chi connectivity index (χ3v) is 4.34. The summed E-state index contributed by atoms with van der Waals surface area (Å²) in [6.45, 7) is 0. The highest BCUT2D eigenvalue weighted by Crippen LogP contribution is 2.11. The van der Waals surface area contributed by atoms with Gasteiger partial charge in [-0.3, -0.25) is 9.59 Å². The van der Waals surface area contributed by atoms with E-state index in [0.717, 1.165) is 0 Å². The van der Waals surface area contributed by atoms with Crippen molar-refractivity contribution in [3.05, 3.63) is 106 Å². The van der Waals surface area contributed by atoms with E-state index >= 15 is 0 Å². The van der Waals surface area contributed by atoms with Crippen LogP contribution >= 0.6 is 23.2 Å². The Labute approximate surface area is 183 Å². The molecule has 0 aliphatic carbocycles. The lowest BCUT2D eigenvalue weighted by molar-refractivity contribution is 0.0946. The number of nitrogens with one attached hydrogen (secondary N) is 2. The van der Waals surface area contributed by atoms with Gasteiger partial charge in [-0.05, 0) is 36.4 Å². The summed E-state index contributed by atoms with van der Waals surface area (Å²) in [5.74, 6) is -0.855. The fourth-order valence-electron chi connectivity index (χ4n) is 2.43. The summed E-state index contributed by atoms with van der Waals surface area (Å²) in [6, 6.07) is 22.1. The Kier molecular flexibility index (Phi) is 7.32. The minimum atomic E-state index is -0.428. The average molecular weight is 439 g/mol. The molecule has 3 aromatic carbocycles. The molecule has 0 saturated heterocycles. The number of carbonyl (C=O) groups excluding carboxylic acids is 2. The molecule has 6 nitrogen and oxygen atoms in total. The highest BCUT2D eigenvalue weighted by Gasteiger charge is 2.08. The zero-order chi connectivity index (χ0) is 21.3. The first-order valence-corrected chi connectivity index (χ1v) is 9.56. The van der Waals surface area contributed by atoms with Crippen molar-refractivity contribution in [2.24, 2.45) is 10.2 Å². The third kappa shape index (κ3) is 6.01. The van der Waals surface area contributed by atoms with Crippen molar-refractivity contribution >= 4 is 46.9 Å². The molecular formula is C22H16Cl2N4O2. The third-order valence-electron chi connectivity index (χ3n) is 3.87. The van der Waals surface area contributed by atoms with Crippen molar-refractivity contribution in [2.45, 2.75) is 0 Å². The molecule has 2 amide bonds. The number of nitrogens with zero attached hydrogens (tertiary/aromatic N) is 2. The highest BCUT2D eigenvalue weighted by molar-refractivity contribution is 6.38. The molecule has 0 saturated carbocycles. The van der Waals surface area contributed by atoms with E-state index in [1.54, 1.807) is 48.5 Å². The molecule has 0 heterocycles. The van der Waals surface area contributed by atoms with Crippen LogP contribution in [0.2, 0.25) is 10.0 Å². The Hall–Kier alpha value is -3.48. The molecule has 0 aromatic heterocycles. The Morgan fingerprint density at radius 3 is 1.80 bits per heavy atom. The summed E-state index contributed by atoms with van der Waals surface area (Å²) in [5, 5.41) is 8.97. The van der Waals surface area contributed by atoms with Gasteiger partial charge in [-0.15, -0.1) is 0 Å². The predicted octanol–water partition coefficient (Wildman–Crippen LogP) is 4.54. The molecule has 150 valence electrons. The van der Waals surface area contributed by atoms with Crippen LogP contribution in [-0.2, 0) is 0 Å². The first-order chi connectivity index (χ1) is 14.5. The van der Waals surface area contributed by atoms with Gasteiger partial charge in [0, 0.05) is 26.7 Å². The minimum Gasteiger partial charge on any atom is -0.267 e. The number of carbonyl (C=O) groups is 2. The molecule has 0 atom stereocenters. The Balaban J connectivity index is 1.76. The first kappa shape index (κ1) is 21.2. The second-order valence-electron chi connectivity index (χ2n) is 6.02.